The summed E-state index contributed by atoms with van der Waals surface area (Å²) < 4.78 is 4.31. The summed E-state index contributed by atoms with van der Waals surface area (Å²) in [6, 6.07) is 0. The van der Waals surface area contributed by atoms with E-state index in [1.807, 2.05) is 0 Å². The van der Waals surface area contributed by atoms with Gasteiger partial charge in [0.1, 0.15) is 12.0 Å². The minimum Gasteiger partial charge on any atom is -0.416 e. The fraction of sp³-hybridized carbons (Fsp3) is 0. The number of hydrogen-bond donors (Lipinski definition) is 1. The van der Waals surface area contributed by atoms with Crippen LogP contribution in [0, 0.1) is 0 Å². The first-order valence-electron chi connectivity index (χ1n) is 2.58. The highest BCUT2D eigenvalue weighted by atomic mass is 16.4. The second-order valence-electron chi connectivity index (χ2n) is 1.63. The Morgan fingerprint density at radius 2 is 2.50 bits per heavy atom. The lowest BCUT2D eigenvalue weighted by Gasteiger charge is -1.80. The Labute approximate surface area is 56.2 Å². The smallest absolute Gasteiger partial charge is 0.416 e. The number of nitrogens with one attached hydrogen (secondary N) is 1. The Hall–Kier alpha value is -1.58. The Morgan fingerprint density at radius 3 is 2.90 bits per heavy atom. The molecule has 1 N–H and O–H groups in total. The Kier molecular flexibility index (Phi) is 1.53. The topological polar surface area (TPSA) is 63.1 Å². The molecule has 0 aliphatic carbocycles. The second kappa shape index (κ2) is 2.34. The summed E-state index contributed by atoms with van der Waals surface area (Å²) in [7, 11) is 0. The number of carbonyl (C=O) groups excluding carboxylic acids is 1. The lowest BCUT2D eigenvalue weighted by atomic mass is 10.3. The maximum atomic E-state index is 10.7. The van der Waals surface area contributed by atoms with Gasteiger partial charge in [-0.05, 0) is 6.08 Å². The first-order valence-corrected chi connectivity index (χ1v) is 2.58. The molecule has 1 aromatic heterocycles. The number of ketones is 1. The molecule has 1 aromatic rings. The summed E-state index contributed by atoms with van der Waals surface area (Å²) in [6.45, 7) is 3.23. The summed E-state index contributed by atoms with van der Waals surface area (Å²) in [5, 5.41) is 0. The molecule has 1 rings (SSSR count). The van der Waals surface area contributed by atoms with Crippen molar-refractivity contribution in [1.82, 2.24) is 4.98 Å². The van der Waals surface area contributed by atoms with Crippen molar-refractivity contribution in [1.29, 1.82) is 0 Å². The molecule has 0 saturated heterocycles. The van der Waals surface area contributed by atoms with Crippen molar-refractivity contribution in [3.8, 4) is 0 Å². The highest BCUT2D eigenvalue weighted by Crippen LogP contribution is 1.91. The van der Waals surface area contributed by atoms with Crippen LogP contribution < -0.4 is 5.76 Å². The van der Waals surface area contributed by atoms with Gasteiger partial charge in [0, 0.05) is 0 Å². The molecule has 0 amide bonds. The van der Waals surface area contributed by atoms with Gasteiger partial charge in [0.25, 0.3) is 0 Å². The maximum absolute atomic E-state index is 10.7. The van der Waals surface area contributed by atoms with Gasteiger partial charge in [-0.15, -0.1) is 0 Å². The average molecular weight is 139 g/mol. The third-order valence-corrected chi connectivity index (χ3v) is 0.971. The zero-order valence-electron chi connectivity index (χ0n) is 5.09. The maximum Gasteiger partial charge on any atom is 0.416 e. The van der Waals surface area contributed by atoms with Crippen LogP contribution in [0.15, 0.2) is 28.1 Å². The van der Waals surface area contributed by atoms with Crippen LogP contribution in [0.1, 0.15) is 10.5 Å². The predicted molar refractivity (Wildman–Crippen MR) is 33.9 cm³/mol. The number of H-pyrrole nitrogens is 1. The van der Waals surface area contributed by atoms with Crippen LogP contribution >= 0.6 is 0 Å². The summed E-state index contributed by atoms with van der Waals surface area (Å²) >= 11 is 0. The molecule has 0 aromatic carbocycles. The third-order valence-electron chi connectivity index (χ3n) is 0.971. The SMILES string of the molecule is C=CC(=O)c1coc(=O)[nH]1. The zero-order valence-corrected chi connectivity index (χ0v) is 5.09. The van der Waals surface area contributed by atoms with Crippen LogP contribution in [-0.2, 0) is 0 Å². The fourth-order valence-electron chi connectivity index (χ4n) is 0.511. The third kappa shape index (κ3) is 1.05. The molecule has 4 nitrogen and oxygen atoms in total. The minimum atomic E-state index is -0.634. The number of allylic oxidation sites excluding steroid dienone is 1. The van der Waals surface area contributed by atoms with Crippen molar-refractivity contribution >= 4 is 5.78 Å². The van der Waals surface area contributed by atoms with Crippen LogP contribution in [0.3, 0.4) is 0 Å². The fourth-order valence-corrected chi connectivity index (χ4v) is 0.511. The van der Waals surface area contributed by atoms with E-state index < -0.39 is 5.76 Å². The lowest BCUT2D eigenvalue weighted by molar-refractivity contribution is 0.104. The van der Waals surface area contributed by atoms with Gasteiger partial charge >= 0.3 is 5.76 Å². The summed E-state index contributed by atoms with van der Waals surface area (Å²) in [6.07, 6.45) is 2.16. The molecule has 0 aliphatic rings. The van der Waals surface area contributed by atoms with Crippen molar-refractivity contribution in [2.24, 2.45) is 0 Å². The van der Waals surface area contributed by atoms with Gasteiger partial charge in [0.2, 0.25) is 5.78 Å². The van der Waals surface area contributed by atoms with Gasteiger partial charge in [-0.2, -0.15) is 0 Å². The van der Waals surface area contributed by atoms with Crippen molar-refractivity contribution in [3.63, 3.8) is 0 Å². The van der Waals surface area contributed by atoms with Crippen molar-refractivity contribution in [2.75, 3.05) is 0 Å². The van der Waals surface area contributed by atoms with Crippen LogP contribution in [0.4, 0.5) is 0 Å². The molecule has 0 aliphatic heterocycles. The molecular weight excluding hydrogens is 134 g/mol. The predicted octanol–water partition coefficient (Wildman–Crippen LogP) is 0.337. The van der Waals surface area contributed by atoms with E-state index >= 15 is 0 Å². The van der Waals surface area contributed by atoms with E-state index in [1.54, 1.807) is 0 Å². The average Bonchev–Trinajstić information content (AvgIpc) is 2.34. The van der Waals surface area contributed by atoms with Gasteiger partial charge in [-0.25, -0.2) is 4.79 Å². The number of aromatic nitrogens is 1. The zero-order chi connectivity index (χ0) is 7.56. The Bertz CT molecular complexity index is 307. The van der Waals surface area contributed by atoms with Crippen LogP contribution in [0.25, 0.3) is 0 Å². The Morgan fingerprint density at radius 1 is 1.80 bits per heavy atom. The van der Waals surface area contributed by atoms with Gasteiger partial charge < -0.3 is 4.42 Å². The molecule has 0 atom stereocenters. The summed E-state index contributed by atoms with van der Waals surface area (Å²) in [4.78, 5) is 23.2. The van der Waals surface area contributed by atoms with Crippen LogP contribution in [0.5, 0.6) is 0 Å². The molecule has 0 radical (unpaired) electrons. The van der Waals surface area contributed by atoms with Gasteiger partial charge in [-0.1, -0.05) is 6.58 Å². The molecule has 4 heteroatoms. The van der Waals surface area contributed by atoms with Crippen LogP contribution in [-0.4, -0.2) is 10.8 Å². The highest BCUT2D eigenvalue weighted by Gasteiger charge is 2.03. The van der Waals surface area contributed by atoms with Crippen molar-refractivity contribution < 1.29 is 9.21 Å². The number of hydrogen-bond acceptors (Lipinski definition) is 3. The van der Waals surface area contributed by atoms with E-state index in [0.29, 0.717) is 0 Å². The molecule has 0 unspecified atom stereocenters. The quantitative estimate of drug-likeness (QED) is 0.474. The first kappa shape index (κ1) is 6.54. The molecule has 0 bridgehead atoms. The molecule has 0 spiro atoms. The summed E-state index contributed by atoms with van der Waals surface area (Å²) in [5.74, 6) is -0.990. The van der Waals surface area contributed by atoms with Gasteiger partial charge in [-0.3, -0.25) is 9.78 Å². The highest BCUT2D eigenvalue weighted by molar-refractivity contribution is 6.02. The van der Waals surface area contributed by atoms with Gasteiger partial charge in [0.05, 0.1) is 0 Å². The van der Waals surface area contributed by atoms with E-state index in [4.69, 9.17) is 0 Å². The first-order chi connectivity index (χ1) is 4.74. The standard InChI is InChI=1S/C6H5NO3/c1-2-5(8)4-3-10-6(9)7-4/h2-3H,1H2,(H,7,9). The summed E-state index contributed by atoms with van der Waals surface area (Å²) in [5.41, 5.74) is 0.125. The van der Waals surface area contributed by atoms with Crippen LogP contribution in [0.2, 0.25) is 0 Å². The van der Waals surface area contributed by atoms with E-state index in [-0.39, 0.29) is 11.5 Å². The van der Waals surface area contributed by atoms with Crippen molar-refractivity contribution in [2.45, 2.75) is 0 Å². The number of rotatable bonds is 2. The minimum absolute atomic E-state index is 0.125. The molecule has 52 valence electrons. The monoisotopic (exact) mass is 139 g/mol. The number of oxazole rings is 1. The molecular formula is C6H5NO3. The van der Waals surface area contributed by atoms with Gasteiger partial charge in [0.15, 0.2) is 0 Å². The Balaban J connectivity index is 3.06. The van der Waals surface area contributed by atoms with Crippen molar-refractivity contribution in [3.05, 3.63) is 35.2 Å². The lowest BCUT2D eigenvalue weighted by Crippen LogP contribution is -2.00. The van der Waals surface area contributed by atoms with E-state index in [1.165, 1.54) is 0 Å². The molecule has 1 heterocycles. The van der Waals surface area contributed by atoms with E-state index in [0.717, 1.165) is 12.3 Å². The largest absolute Gasteiger partial charge is 0.416 e. The number of carbonyl (C=O) groups is 1. The van der Waals surface area contributed by atoms with E-state index in [2.05, 4.69) is 16.0 Å². The second-order valence-corrected chi connectivity index (χ2v) is 1.63. The van der Waals surface area contributed by atoms with E-state index in [9.17, 15) is 9.59 Å². The normalized spacial score (nSPS) is 9.20. The number of aromatic amines is 1. The molecule has 10 heavy (non-hydrogen) atoms. The molecule has 0 fully saturated rings. The molecule has 0 saturated carbocycles.